The summed E-state index contributed by atoms with van der Waals surface area (Å²) in [5.74, 6) is 0. The van der Waals surface area contributed by atoms with Crippen LogP contribution in [0, 0.1) is 0 Å². The van der Waals surface area contributed by atoms with Crippen LogP contribution in [0.2, 0.25) is 0 Å². The Balaban J connectivity index is 1.28. The van der Waals surface area contributed by atoms with Crippen LogP contribution < -0.4 is 4.90 Å². The van der Waals surface area contributed by atoms with Crippen molar-refractivity contribution in [2.75, 3.05) is 4.90 Å². The molecule has 6 aromatic carbocycles. The van der Waals surface area contributed by atoms with E-state index < -0.39 is 0 Å². The van der Waals surface area contributed by atoms with Crippen LogP contribution in [-0.4, -0.2) is 4.98 Å². The van der Waals surface area contributed by atoms with Gasteiger partial charge < -0.3 is 4.90 Å². The molecule has 0 amide bonds. The molecule has 0 aliphatic heterocycles. The van der Waals surface area contributed by atoms with E-state index in [1.807, 2.05) is 12.3 Å². The van der Waals surface area contributed by atoms with Crippen LogP contribution in [-0.2, 0) is 0 Å². The Hall–Kier alpha value is -5.51. The van der Waals surface area contributed by atoms with Crippen LogP contribution in [0.25, 0.3) is 53.7 Å². The summed E-state index contributed by atoms with van der Waals surface area (Å²) in [6.07, 6.45) is 1.89. The molecule has 0 aliphatic rings. The van der Waals surface area contributed by atoms with Crippen molar-refractivity contribution in [1.82, 2.24) is 4.98 Å². The van der Waals surface area contributed by atoms with Gasteiger partial charge in [0, 0.05) is 27.5 Å². The Bertz CT molecular complexity index is 2200. The second-order valence-electron chi connectivity index (χ2n) is 10.8. The largest absolute Gasteiger partial charge is 0.309 e. The number of pyridine rings is 1. The first-order chi connectivity index (χ1) is 21.8. The van der Waals surface area contributed by atoms with Crippen molar-refractivity contribution in [3.8, 4) is 33.4 Å². The highest BCUT2D eigenvalue weighted by molar-refractivity contribution is 7.25. The van der Waals surface area contributed by atoms with Gasteiger partial charge >= 0.3 is 0 Å². The minimum atomic E-state index is 1.04. The summed E-state index contributed by atoms with van der Waals surface area (Å²) in [6.45, 7) is 0. The molecule has 3 heteroatoms. The molecule has 0 spiro atoms. The molecule has 0 aliphatic carbocycles. The third-order valence-electron chi connectivity index (χ3n) is 8.15. The van der Waals surface area contributed by atoms with E-state index in [4.69, 9.17) is 4.98 Å². The maximum Gasteiger partial charge on any atom is 0.0909 e. The second-order valence-corrected chi connectivity index (χ2v) is 11.9. The van der Waals surface area contributed by atoms with Gasteiger partial charge in [-0.05, 0) is 70.3 Å². The number of nitrogens with zero attached hydrogens (tertiary/aromatic N) is 2. The molecule has 2 nitrogen and oxygen atoms in total. The number of benzene rings is 6. The normalized spacial score (nSPS) is 11.2. The number of aromatic nitrogens is 1. The molecule has 0 saturated carbocycles. The summed E-state index contributed by atoms with van der Waals surface area (Å²) in [4.78, 5) is 7.24. The number of rotatable bonds is 6. The molecule has 8 rings (SSSR count). The minimum Gasteiger partial charge on any atom is -0.309 e. The topological polar surface area (TPSA) is 16.1 Å². The average Bonchev–Trinajstić information content (AvgIpc) is 3.49. The maximum atomic E-state index is 4.85. The zero-order valence-corrected chi connectivity index (χ0v) is 24.8. The fourth-order valence-electron chi connectivity index (χ4n) is 6.04. The number of para-hydroxylation sites is 1. The molecule has 208 valence electrons. The molecular formula is C41H28N2S. The van der Waals surface area contributed by atoms with E-state index in [0.717, 1.165) is 22.6 Å². The van der Waals surface area contributed by atoms with Crippen molar-refractivity contribution in [1.29, 1.82) is 0 Å². The van der Waals surface area contributed by atoms with Crippen molar-refractivity contribution in [3.05, 3.63) is 170 Å². The Morgan fingerprint density at radius 2 is 0.955 bits per heavy atom. The van der Waals surface area contributed by atoms with Crippen LogP contribution in [0.3, 0.4) is 0 Å². The molecule has 0 N–H and O–H groups in total. The van der Waals surface area contributed by atoms with Crippen molar-refractivity contribution >= 4 is 48.7 Å². The number of hydrogen-bond acceptors (Lipinski definition) is 3. The summed E-state index contributed by atoms with van der Waals surface area (Å²) >= 11 is 1.79. The van der Waals surface area contributed by atoms with E-state index in [1.54, 1.807) is 11.3 Å². The average molecular weight is 581 g/mol. The lowest BCUT2D eigenvalue weighted by molar-refractivity contribution is 1.30. The Morgan fingerprint density at radius 1 is 0.409 bits per heavy atom. The van der Waals surface area contributed by atoms with Crippen LogP contribution in [0.15, 0.2) is 170 Å². The monoisotopic (exact) mass is 580 g/mol. The molecule has 2 heterocycles. The summed E-state index contributed by atoms with van der Waals surface area (Å²) in [5.41, 5.74) is 11.6. The summed E-state index contributed by atoms with van der Waals surface area (Å²) in [5, 5.41) is 1.18. The van der Waals surface area contributed by atoms with Gasteiger partial charge in [0.2, 0.25) is 0 Å². The van der Waals surface area contributed by atoms with E-state index >= 15 is 0 Å². The van der Waals surface area contributed by atoms with E-state index in [2.05, 4.69) is 163 Å². The van der Waals surface area contributed by atoms with E-state index in [0.29, 0.717) is 0 Å². The Kier molecular flexibility index (Phi) is 6.71. The number of hydrogen-bond donors (Lipinski definition) is 0. The first kappa shape index (κ1) is 26.1. The van der Waals surface area contributed by atoms with Crippen molar-refractivity contribution in [3.63, 3.8) is 0 Å². The highest BCUT2D eigenvalue weighted by Crippen LogP contribution is 2.46. The zero-order valence-electron chi connectivity index (χ0n) is 24.0. The lowest BCUT2D eigenvalue weighted by Gasteiger charge is -2.28. The SMILES string of the molecule is c1ccc(-c2ccc(-c3ccc(N(c4ccccc4-c4ccccc4)c4cccc5sc6cccnc6c45)cc3)cc2)cc1. The van der Waals surface area contributed by atoms with Gasteiger partial charge in [-0.25, -0.2) is 0 Å². The lowest BCUT2D eigenvalue weighted by atomic mass is 9.99. The standard InChI is InChI=1S/C41H28N2S/c1-3-11-29(12-4-1)30-20-22-31(23-21-30)32-24-26-34(27-25-32)43(36-16-8-7-15-35(36)33-13-5-2-6-14-33)37-17-9-18-38-40(37)41-39(44-38)19-10-28-42-41/h1-28H. The first-order valence-electron chi connectivity index (χ1n) is 14.8. The van der Waals surface area contributed by atoms with Crippen LogP contribution in [0.4, 0.5) is 17.1 Å². The van der Waals surface area contributed by atoms with Gasteiger partial charge in [-0.15, -0.1) is 11.3 Å². The van der Waals surface area contributed by atoms with E-state index in [9.17, 15) is 0 Å². The Labute approximate surface area is 261 Å². The summed E-state index contributed by atoms with van der Waals surface area (Å²) in [7, 11) is 0. The molecule has 0 bridgehead atoms. The quantitative estimate of drug-likeness (QED) is 0.194. The predicted molar refractivity (Wildman–Crippen MR) is 188 cm³/mol. The molecular weight excluding hydrogens is 553 g/mol. The lowest BCUT2D eigenvalue weighted by Crippen LogP contribution is -2.11. The van der Waals surface area contributed by atoms with E-state index in [-0.39, 0.29) is 0 Å². The van der Waals surface area contributed by atoms with Gasteiger partial charge in [-0.3, -0.25) is 4.98 Å². The van der Waals surface area contributed by atoms with Crippen LogP contribution >= 0.6 is 11.3 Å². The predicted octanol–water partition coefficient (Wildman–Crippen LogP) is 11.9. The summed E-state index contributed by atoms with van der Waals surface area (Å²) in [6, 6.07) is 58.4. The number of thiophene rings is 1. The van der Waals surface area contributed by atoms with E-state index in [1.165, 1.54) is 48.2 Å². The molecule has 0 fully saturated rings. The summed E-state index contributed by atoms with van der Waals surface area (Å²) < 4.78 is 2.43. The van der Waals surface area contributed by atoms with Crippen molar-refractivity contribution in [2.24, 2.45) is 0 Å². The molecule has 0 unspecified atom stereocenters. The molecule has 44 heavy (non-hydrogen) atoms. The molecule has 0 saturated heterocycles. The number of anilines is 3. The fourth-order valence-corrected chi connectivity index (χ4v) is 7.12. The molecule has 2 aromatic heterocycles. The van der Waals surface area contributed by atoms with Gasteiger partial charge in [0.1, 0.15) is 0 Å². The Morgan fingerprint density at radius 3 is 1.66 bits per heavy atom. The number of fused-ring (bicyclic) bond motifs is 3. The third kappa shape index (κ3) is 4.74. The molecule has 0 atom stereocenters. The zero-order chi connectivity index (χ0) is 29.3. The fraction of sp³-hybridized carbons (Fsp3) is 0. The van der Waals surface area contributed by atoms with Crippen molar-refractivity contribution in [2.45, 2.75) is 0 Å². The van der Waals surface area contributed by atoms with Gasteiger partial charge in [0.25, 0.3) is 0 Å². The highest BCUT2D eigenvalue weighted by Gasteiger charge is 2.21. The molecule has 8 aromatic rings. The first-order valence-corrected chi connectivity index (χ1v) is 15.6. The smallest absolute Gasteiger partial charge is 0.0909 e. The maximum absolute atomic E-state index is 4.85. The second kappa shape index (κ2) is 11.3. The van der Waals surface area contributed by atoms with Gasteiger partial charge in [0.15, 0.2) is 0 Å². The molecule has 0 radical (unpaired) electrons. The van der Waals surface area contributed by atoms with Gasteiger partial charge in [-0.1, -0.05) is 121 Å². The minimum absolute atomic E-state index is 1.04. The van der Waals surface area contributed by atoms with Crippen LogP contribution in [0.1, 0.15) is 0 Å². The van der Waals surface area contributed by atoms with Gasteiger partial charge in [-0.2, -0.15) is 0 Å². The van der Waals surface area contributed by atoms with Crippen LogP contribution in [0.5, 0.6) is 0 Å². The van der Waals surface area contributed by atoms with Crippen molar-refractivity contribution < 1.29 is 0 Å². The van der Waals surface area contributed by atoms with Gasteiger partial charge in [0.05, 0.1) is 21.6 Å². The highest BCUT2D eigenvalue weighted by atomic mass is 32.1. The third-order valence-corrected chi connectivity index (χ3v) is 9.26.